The van der Waals surface area contributed by atoms with Crippen LogP contribution in [0.2, 0.25) is 0 Å². The van der Waals surface area contributed by atoms with Crippen molar-refractivity contribution in [2.45, 2.75) is 12.8 Å². The van der Waals surface area contributed by atoms with Crippen LogP contribution in [0, 0.1) is 5.92 Å². The van der Waals surface area contributed by atoms with Crippen LogP contribution in [0.3, 0.4) is 0 Å². The van der Waals surface area contributed by atoms with Crippen LogP contribution in [0.1, 0.15) is 12.8 Å². The fourth-order valence-corrected chi connectivity index (χ4v) is 2.05. The van der Waals surface area contributed by atoms with E-state index in [9.17, 15) is 0 Å². The van der Waals surface area contributed by atoms with Gasteiger partial charge in [0, 0.05) is 33.4 Å². The van der Waals surface area contributed by atoms with Gasteiger partial charge in [-0.25, -0.2) is 0 Å². The summed E-state index contributed by atoms with van der Waals surface area (Å²) in [4.78, 5) is 2.40. The lowest BCUT2D eigenvalue weighted by Gasteiger charge is -2.11. The molecule has 16 heavy (non-hydrogen) atoms. The molecule has 4 nitrogen and oxygen atoms in total. The highest BCUT2D eigenvalue weighted by Crippen LogP contribution is 2.12. The highest BCUT2D eigenvalue weighted by Gasteiger charge is 2.18. The van der Waals surface area contributed by atoms with Crippen molar-refractivity contribution >= 4 is 0 Å². The summed E-state index contributed by atoms with van der Waals surface area (Å²) in [5.74, 6) is 0.832. The van der Waals surface area contributed by atoms with Crippen LogP contribution >= 0.6 is 0 Å². The first-order chi connectivity index (χ1) is 7.83. The Labute approximate surface area is 99.3 Å². The molecule has 0 radical (unpaired) electrons. The van der Waals surface area contributed by atoms with Crippen LogP contribution < -0.4 is 5.32 Å². The maximum absolute atomic E-state index is 5.47. The number of nitrogens with one attached hydrogen (secondary N) is 1. The smallest absolute Gasteiger partial charge is 0.0590 e. The molecular formula is C12H26N2O2. The summed E-state index contributed by atoms with van der Waals surface area (Å²) < 4.78 is 10.4. The summed E-state index contributed by atoms with van der Waals surface area (Å²) in [5.41, 5.74) is 0. The molecule has 0 spiro atoms. The van der Waals surface area contributed by atoms with E-state index in [-0.39, 0.29) is 0 Å². The standard InChI is InChI=1S/C12H26N2O2/c1-14-6-4-12(11-14)10-13-5-9-16-8-3-7-15-2/h12-13H,3-11H2,1-2H3. The van der Waals surface area contributed by atoms with Crippen LogP contribution in [0.4, 0.5) is 0 Å². The molecule has 1 unspecified atom stereocenters. The largest absolute Gasteiger partial charge is 0.385 e. The third-order valence-electron chi connectivity index (χ3n) is 2.98. The Morgan fingerprint density at radius 3 is 2.88 bits per heavy atom. The van der Waals surface area contributed by atoms with E-state index in [1.807, 2.05) is 0 Å². The molecule has 0 saturated carbocycles. The number of hydrogen-bond acceptors (Lipinski definition) is 4. The summed E-state index contributed by atoms with van der Waals surface area (Å²) in [5, 5.41) is 3.46. The molecule has 1 fully saturated rings. The molecule has 1 saturated heterocycles. The van der Waals surface area contributed by atoms with E-state index in [1.54, 1.807) is 7.11 Å². The number of methoxy groups -OCH3 is 1. The normalized spacial score (nSPS) is 21.8. The van der Waals surface area contributed by atoms with Gasteiger partial charge in [-0.05, 0) is 38.9 Å². The van der Waals surface area contributed by atoms with Crippen molar-refractivity contribution in [3.05, 3.63) is 0 Å². The molecule has 96 valence electrons. The molecule has 0 aromatic heterocycles. The van der Waals surface area contributed by atoms with E-state index < -0.39 is 0 Å². The number of ether oxygens (including phenoxy) is 2. The maximum atomic E-state index is 5.47. The lowest BCUT2D eigenvalue weighted by Crippen LogP contribution is -2.28. The van der Waals surface area contributed by atoms with Crippen molar-refractivity contribution in [1.29, 1.82) is 0 Å². The summed E-state index contributed by atoms with van der Waals surface area (Å²) >= 11 is 0. The third kappa shape index (κ3) is 6.43. The first-order valence-electron chi connectivity index (χ1n) is 6.29. The predicted octanol–water partition coefficient (Wildman–Crippen LogP) is 0.581. The van der Waals surface area contributed by atoms with E-state index in [4.69, 9.17) is 9.47 Å². The van der Waals surface area contributed by atoms with Gasteiger partial charge in [0.15, 0.2) is 0 Å². The minimum Gasteiger partial charge on any atom is -0.385 e. The Hall–Kier alpha value is -0.160. The Bertz CT molecular complexity index is 167. The molecule has 1 heterocycles. The Balaban J connectivity index is 1.78. The van der Waals surface area contributed by atoms with Crippen molar-refractivity contribution < 1.29 is 9.47 Å². The molecule has 0 aromatic rings. The summed E-state index contributed by atoms with van der Waals surface area (Å²) in [6, 6.07) is 0. The van der Waals surface area contributed by atoms with Crippen molar-refractivity contribution in [1.82, 2.24) is 10.2 Å². The van der Waals surface area contributed by atoms with Crippen molar-refractivity contribution in [3.63, 3.8) is 0 Å². The lowest BCUT2D eigenvalue weighted by atomic mass is 10.1. The average molecular weight is 230 g/mol. The Morgan fingerprint density at radius 1 is 1.31 bits per heavy atom. The number of rotatable bonds is 9. The van der Waals surface area contributed by atoms with Gasteiger partial charge in [0.2, 0.25) is 0 Å². The van der Waals surface area contributed by atoms with Gasteiger partial charge in [-0.3, -0.25) is 0 Å². The minimum absolute atomic E-state index is 0.793. The topological polar surface area (TPSA) is 33.7 Å². The second-order valence-corrected chi connectivity index (χ2v) is 4.58. The second kappa shape index (κ2) is 8.93. The van der Waals surface area contributed by atoms with E-state index >= 15 is 0 Å². The molecule has 0 aromatic carbocycles. The highest BCUT2D eigenvalue weighted by atomic mass is 16.5. The van der Waals surface area contributed by atoms with Gasteiger partial charge in [0.25, 0.3) is 0 Å². The molecule has 0 bridgehead atoms. The predicted molar refractivity (Wildman–Crippen MR) is 65.8 cm³/mol. The number of nitrogens with zero attached hydrogens (tertiary/aromatic N) is 1. The van der Waals surface area contributed by atoms with Crippen LogP contribution in [0.5, 0.6) is 0 Å². The number of likely N-dealkylation sites (tertiary alicyclic amines) is 1. The average Bonchev–Trinajstić information content (AvgIpc) is 2.68. The minimum atomic E-state index is 0.793. The van der Waals surface area contributed by atoms with Crippen LogP contribution in [-0.2, 0) is 9.47 Å². The Morgan fingerprint density at radius 2 is 2.19 bits per heavy atom. The molecule has 1 rings (SSSR count). The van der Waals surface area contributed by atoms with Crippen LogP contribution in [-0.4, -0.2) is 65.1 Å². The SMILES string of the molecule is COCCCOCCNCC1CCN(C)C1. The fourth-order valence-electron chi connectivity index (χ4n) is 2.05. The first-order valence-corrected chi connectivity index (χ1v) is 6.29. The summed E-state index contributed by atoms with van der Waals surface area (Å²) in [6.45, 7) is 7.00. The molecule has 1 aliphatic heterocycles. The first kappa shape index (κ1) is 13.9. The number of hydrogen-bond donors (Lipinski definition) is 1. The van der Waals surface area contributed by atoms with E-state index in [1.165, 1.54) is 19.5 Å². The molecular weight excluding hydrogens is 204 g/mol. The quantitative estimate of drug-likeness (QED) is 0.588. The van der Waals surface area contributed by atoms with Gasteiger partial charge in [-0.2, -0.15) is 0 Å². The van der Waals surface area contributed by atoms with Gasteiger partial charge in [0.05, 0.1) is 6.61 Å². The molecule has 1 N–H and O–H groups in total. The van der Waals surface area contributed by atoms with Gasteiger partial charge < -0.3 is 19.7 Å². The van der Waals surface area contributed by atoms with Gasteiger partial charge in [-0.1, -0.05) is 0 Å². The molecule has 0 amide bonds. The van der Waals surface area contributed by atoms with Crippen molar-refractivity contribution in [2.24, 2.45) is 5.92 Å². The Kier molecular flexibility index (Phi) is 7.76. The molecule has 4 heteroatoms. The van der Waals surface area contributed by atoms with E-state index in [0.29, 0.717) is 0 Å². The van der Waals surface area contributed by atoms with Crippen LogP contribution in [0.25, 0.3) is 0 Å². The summed E-state index contributed by atoms with van der Waals surface area (Å²) in [6.07, 6.45) is 2.32. The summed E-state index contributed by atoms with van der Waals surface area (Å²) in [7, 11) is 3.92. The third-order valence-corrected chi connectivity index (χ3v) is 2.98. The van der Waals surface area contributed by atoms with Crippen LogP contribution in [0.15, 0.2) is 0 Å². The highest BCUT2D eigenvalue weighted by molar-refractivity contribution is 4.74. The van der Waals surface area contributed by atoms with E-state index in [2.05, 4.69) is 17.3 Å². The monoisotopic (exact) mass is 230 g/mol. The van der Waals surface area contributed by atoms with E-state index in [0.717, 1.165) is 45.2 Å². The zero-order valence-corrected chi connectivity index (χ0v) is 10.7. The van der Waals surface area contributed by atoms with Gasteiger partial charge in [-0.15, -0.1) is 0 Å². The van der Waals surface area contributed by atoms with Gasteiger partial charge >= 0.3 is 0 Å². The zero-order valence-electron chi connectivity index (χ0n) is 10.7. The molecule has 1 atom stereocenters. The van der Waals surface area contributed by atoms with Gasteiger partial charge in [0.1, 0.15) is 0 Å². The molecule has 1 aliphatic rings. The second-order valence-electron chi connectivity index (χ2n) is 4.58. The fraction of sp³-hybridized carbons (Fsp3) is 1.00. The lowest BCUT2D eigenvalue weighted by molar-refractivity contribution is 0.104. The maximum Gasteiger partial charge on any atom is 0.0590 e. The zero-order chi connectivity index (χ0) is 11.6. The van der Waals surface area contributed by atoms with Crippen molar-refractivity contribution in [3.8, 4) is 0 Å². The molecule has 0 aliphatic carbocycles. The van der Waals surface area contributed by atoms with Crippen molar-refractivity contribution in [2.75, 3.05) is 60.2 Å².